The van der Waals surface area contributed by atoms with Gasteiger partial charge in [0.15, 0.2) is 10.9 Å². The van der Waals surface area contributed by atoms with Crippen molar-refractivity contribution in [3.8, 4) is 5.75 Å². The van der Waals surface area contributed by atoms with Crippen LogP contribution in [-0.4, -0.2) is 17.1 Å². The summed E-state index contributed by atoms with van der Waals surface area (Å²) in [5.74, 6) is 1.30. The molecule has 0 spiro atoms. The third-order valence-electron chi connectivity index (χ3n) is 3.28. The van der Waals surface area contributed by atoms with Crippen molar-refractivity contribution in [2.45, 2.75) is 20.8 Å². The van der Waals surface area contributed by atoms with Crippen LogP contribution in [0.5, 0.6) is 5.75 Å². The van der Waals surface area contributed by atoms with Crippen LogP contribution in [-0.2, 0) is 5.75 Å². The first-order valence-electron chi connectivity index (χ1n) is 7.46. The molecule has 0 aliphatic carbocycles. The molecule has 0 bridgehead atoms. The molecule has 3 aromatic rings. The second-order valence-electron chi connectivity index (χ2n) is 5.12. The highest BCUT2D eigenvalue weighted by Gasteiger charge is 2.11. The van der Waals surface area contributed by atoms with Gasteiger partial charge in [0.25, 0.3) is 0 Å². The topological polar surface area (TPSA) is 35.0 Å². The maximum Gasteiger partial charge on any atom is 0.189 e. The quantitative estimate of drug-likeness (QED) is 0.235. The minimum absolute atomic E-state index is 0.539. The predicted octanol–water partition coefficient (Wildman–Crippen LogP) is 6.89. The Bertz CT molecular complexity index is 925. The molecule has 0 unspecified atom stereocenters. The van der Waals surface area contributed by atoms with Crippen LogP contribution >= 0.6 is 58.3 Å². The van der Waals surface area contributed by atoms with Crippen molar-refractivity contribution in [3.05, 3.63) is 69.3 Å². The van der Waals surface area contributed by atoms with E-state index in [0.717, 1.165) is 15.5 Å². The number of hydrogen-bond acceptors (Lipinski definition) is 5. The first-order valence-corrected chi connectivity index (χ1v) is 10.4. The maximum absolute atomic E-state index is 6.06. The molecule has 0 amide bonds. The van der Waals surface area contributed by atoms with Crippen LogP contribution in [0.2, 0.25) is 15.1 Å². The SMILES string of the molecule is COc1cnc(SCc2ccc(Cl)c(Cl)c2)nc1Sc1cccc(Cl)c1. The maximum atomic E-state index is 6.06. The van der Waals surface area contributed by atoms with Crippen LogP contribution in [0.1, 0.15) is 5.56 Å². The number of rotatable bonds is 6. The fourth-order valence-corrected chi connectivity index (χ4v) is 4.36. The van der Waals surface area contributed by atoms with Gasteiger partial charge in [-0.15, -0.1) is 0 Å². The Balaban J connectivity index is 1.77. The second kappa shape index (κ2) is 9.20. The zero-order valence-corrected chi connectivity index (χ0v) is 17.5. The van der Waals surface area contributed by atoms with Crippen LogP contribution in [0.15, 0.2) is 63.7 Å². The van der Waals surface area contributed by atoms with E-state index in [-0.39, 0.29) is 0 Å². The van der Waals surface area contributed by atoms with E-state index in [0.29, 0.717) is 31.7 Å². The Morgan fingerprint density at radius 3 is 2.62 bits per heavy atom. The van der Waals surface area contributed by atoms with Crippen molar-refractivity contribution in [1.29, 1.82) is 0 Å². The van der Waals surface area contributed by atoms with Crippen LogP contribution in [0.3, 0.4) is 0 Å². The van der Waals surface area contributed by atoms with E-state index >= 15 is 0 Å². The summed E-state index contributed by atoms with van der Waals surface area (Å²) < 4.78 is 5.37. The summed E-state index contributed by atoms with van der Waals surface area (Å²) in [5, 5.41) is 3.15. The number of thioether (sulfide) groups is 1. The van der Waals surface area contributed by atoms with Gasteiger partial charge in [0.2, 0.25) is 0 Å². The molecule has 0 N–H and O–H groups in total. The number of hydrogen-bond donors (Lipinski definition) is 0. The number of nitrogens with zero attached hydrogens (tertiary/aromatic N) is 2. The highest BCUT2D eigenvalue weighted by atomic mass is 35.5. The summed E-state index contributed by atoms with van der Waals surface area (Å²) >= 11 is 21.1. The fourth-order valence-electron chi connectivity index (χ4n) is 2.04. The van der Waals surface area contributed by atoms with Gasteiger partial charge in [0.1, 0.15) is 5.03 Å². The summed E-state index contributed by atoms with van der Waals surface area (Å²) in [5.41, 5.74) is 1.05. The number of methoxy groups -OCH3 is 1. The molecule has 0 fully saturated rings. The Kier molecular flexibility index (Phi) is 6.95. The highest BCUT2D eigenvalue weighted by Crippen LogP contribution is 2.35. The smallest absolute Gasteiger partial charge is 0.189 e. The third kappa shape index (κ3) is 5.21. The first kappa shape index (κ1) is 19.6. The Morgan fingerprint density at radius 2 is 1.88 bits per heavy atom. The Morgan fingerprint density at radius 1 is 1.04 bits per heavy atom. The number of benzene rings is 2. The van der Waals surface area contributed by atoms with Gasteiger partial charge in [-0.2, -0.15) is 0 Å². The lowest BCUT2D eigenvalue weighted by atomic mass is 10.2. The summed E-state index contributed by atoms with van der Waals surface area (Å²) in [4.78, 5) is 9.95. The van der Waals surface area contributed by atoms with Gasteiger partial charge < -0.3 is 4.74 Å². The van der Waals surface area contributed by atoms with E-state index in [1.54, 1.807) is 19.4 Å². The molecule has 0 atom stereocenters. The minimum Gasteiger partial charge on any atom is -0.492 e. The summed E-state index contributed by atoms with van der Waals surface area (Å²) in [6.45, 7) is 0. The largest absolute Gasteiger partial charge is 0.492 e. The first-order chi connectivity index (χ1) is 12.5. The zero-order valence-electron chi connectivity index (χ0n) is 13.6. The van der Waals surface area contributed by atoms with E-state index in [4.69, 9.17) is 39.5 Å². The summed E-state index contributed by atoms with van der Waals surface area (Å²) in [6.07, 6.45) is 1.68. The van der Waals surface area contributed by atoms with E-state index in [2.05, 4.69) is 9.97 Å². The average molecular weight is 444 g/mol. The van der Waals surface area contributed by atoms with Crippen molar-refractivity contribution in [2.75, 3.05) is 7.11 Å². The van der Waals surface area contributed by atoms with Gasteiger partial charge in [-0.1, -0.05) is 70.5 Å². The lowest BCUT2D eigenvalue weighted by molar-refractivity contribution is 0.395. The van der Waals surface area contributed by atoms with E-state index < -0.39 is 0 Å². The van der Waals surface area contributed by atoms with Crippen LogP contribution in [0.25, 0.3) is 0 Å². The van der Waals surface area contributed by atoms with Crippen molar-refractivity contribution >= 4 is 58.3 Å². The molecule has 2 aromatic carbocycles. The van der Waals surface area contributed by atoms with Gasteiger partial charge in [0, 0.05) is 15.7 Å². The van der Waals surface area contributed by atoms with Crippen LogP contribution in [0, 0.1) is 0 Å². The average Bonchev–Trinajstić information content (AvgIpc) is 2.63. The molecule has 134 valence electrons. The van der Waals surface area contributed by atoms with Crippen molar-refractivity contribution in [1.82, 2.24) is 9.97 Å². The Labute approximate surface area is 175 Å². The summed E-state index contributed by atoms with van der Waals surface area (Å²) in [7, 11) is 1.60. The fraction of sp³-hybridized carbons (Fsp3) is 0.111. The highest BCUT2D eigenvalue weighted by molar-refractivity contribution is 7.99. The van der Waals surface area contributed by atoms with E-state index in [1.165, 1.54) is 23.5 Å². The molecule has 0 aliphatic rings. The molecular weight excluding hydrogens is 431 g/mol. The van der Waals surface area contributed by atoms with Gasteiger partial charge >= 0.3 is 0 Å². The van der Waals surface area contributed by atoms with Gasteiger partial charge in [-0.05, 0) is 35.9 Å². The molecule has 3 rings (SSSR count). The Hall–Kier alpha value is -1.11. The zero-order chi connectivity index (χ0) is 18.5. The molecular formula is C18H13Cl3N2OS2. The normalized spacial score (nSPS) is 10.8. The van der Waals surface area contributed by atoms with Crippen LogP contribution < -0.4 is 4.74 Å². The van der Waals surface area contributed by atoms with Crippen molar-refractivity contribution in [3.63, 3.8) is 0 Å². The third-order valence-corrected chi connectivity index (χ3v) is 6.16. The van der Waals surface area contributed by atoms with Crippen molar-refractivity contribution < 1.29 is 4.74 Å². The molecule has 0 radical (unpaired) electrons. The summed E-state index contributed by atoms with van der Waals surface area (Å²) in [6, 6.07) is 13.2. The lowest BCUT2D eigenvalue weighted by Crippen LogP contribution is -1.95. The number of ether oxygens (including phenoxy) is 1. The molecule has 1 heterocycles. The molecule has 26 heavy (non-hydrogen) atoms. The van der Waals surface area contributed by atoms with Crippen molar-refractivity contribution in [2.24, 2.45) is 0 Å². The second-order valence-corrected chi connectivity index (χ2v) is 8.38. The van der Waals surface area contributed by atoms with Gasteiger partial charge in [-0.3, -0.25) is 0 Å². The number of aromatic nitrogens is 2. The number of halogens is 3. The van der Waals surface area contributed by atoms with E-state index in [1.807, 2.05) is 36.4 Å². The van der Waals surface area contributed by atoms with E-state index in [9.17, 15) is 0 Å². The lowest BCUT2D eigenvalue weighted by Gasteiger charge is -2.09. The standard InChI is InChI=1S/C18H13Cl3N2OS2/c1-24-16-9-22-18(25-10-11-5-6-14(20)15(21)7-11)23-17(16)26-13-4-2-3-12(19)8-13/h2-9H,10H2,1H3. The molecule has 8 heteroatoms. The molecule has 0 saturated heterocycles. The molecule has 0 aliphatic heterocycles. The molecule has 1 aromatic heterocycles. The molecule has 0 saturated carbocycles. The monoisotopic (exact) mass is 442 g/mol. The minimum atomic E-state index is 0.539. The molecule has 3 nitrogen and oxygen atoms in total. The van der Waals surface area contributed by atoms with Crippen LogP contribution in [0.4, 0.5) is 0 Å². The van der Waals surface area contributed by atoms with Gasteiger partial charge in [0.05, 0.1) is 23.4 Å². The predicted molar refractivity (Wildman–Crippen MR) is 110 cm³/mol. The van der Waals surface area contributed by atoms with Gasteiger partial charge in [-0.25, -0.2) is 9.97 Å².